The van der Waals surface area contributed by atoms with Crippen molar-refractivity contribution in [2.45, 2.75) is 20.3 Å². The molecule has 1 aliphatic rings. The first kappa shape index (κ1) is 20.5. The van der Waals surface area contributed by atoms with Gasteiger partial charge in [-0.15, -0.1) is 0 Å². The SMILES string of the molecule is CCN(CC)C(=O)Oc1cc(Cc2ccccc2)ccc1N1C=C(O)NS1(=O)=O. The van der Waals surface area contributed by atoms with Crippen LogP contribution < -0.4 is 13.8 Å². The zero-order valence-corrected chi connectivity index (χ0v) is 17.0. The van der Waals surface area contributed by atoms with Gasteiger partial charge in [0.05, 0.1) is 6.20 Å². The molecular formula is C20H23N3O5S. The molecule has 0 aliphatic carbocycles. The van der Waals surface area contributed by atoms with Crippen molar-refractivity contribution in [1.29, 1.82) is 0 Å². The van der Waals surface area contributed by atoms with E-state index in [1.165, 1.54) is 4.90 Å². The molecule has 0 unspecified atom stereocenters. The van der Waals surface area contributed by atoms with Crippen molar-refractivity contribution in [1.82, 2.24) is 9.62 Å². The van der Waals surface area contributed by atoms with Gasteiger partial charge in [0.2, 0.25) is 5.88 Å². The van der Waals surface area contributed by atoms with Crippen LogP contribution in [0.3, 0.4) is 0 Å². The van der Waals surface area contributed by atoms with E-state index in [1.54, 1.807) is 18.2 Å². The molecule has 2 aromatic rings. The van der Waals surface area contributed by atoms with Gasteiger partial charge in [-0.1, -0.05) is 36.4 Å². The van der Waals surface area contributed by atoms with E-state index in [-0.39, 0.29) is 11.4 Å². The molecule has 2 N–H and O–H groups in total. The number of amides is 1. The van der Waals surface area contributed by atoms with Gasteiger partial charge in [0.15, 0.2) is 5.75 Å². The van der Waals surface area contributed by atoms with Crippen molar-refractivity contribution in [3.8, 4) is 5.75 Å². The van der Waals surface area contributed by atoms with E-state index >= 15 is 0 Å². The van der Waals surface area contributed by atoms with E-state index in [1.807, 2.05) is 48.9 Å². The van der Waals surface area contributed by atoms with Crippen LogP contribution in [0.25, 0.3) is 0 Å². The molecule has 29 heavy (non-hydrogen) atoms. The number of carbonyl (C=O) groups is 1. The molecule has 0 bridgehead atoms. The van der Waals surface area contributed by atoms with E-state index in [9.17, 15) is 18.3 Å². The number of ether oxygens (including phenoxy) is 1. The van der Waals surface area contributed by atoms with Crippen molar-refractivity contribution >= 4 is 22.0 Å². The van der Waals surface area contributed by atoms with Crippen molar-refractivity contribution in [2.75, 3.05) is 17.4 Å². The Morgan fingerprint density at radius 3 is 2.38 bits per heavy atom. The van der Waals surface area contributed by atoms with Crippen LogP contribution in [-0.2, 0) is 16.6 Å². The molecule has 0 saturated heterocycles. The molecule has 1 aliphatic heterocycles. The van der Waals surface area contributed by atoms with Gasteiger partial charge in [-0.3, -0.25) is 0 Å². The molecular weight excluding hydrogens is 394 g/mol. The maximum absolute atomic E-state index is 12.5. The predicted octanol–water partition coefficient (Wildman–Crippen LogP) is 3.13. The molecule has 1 heterocycles. The zero-order valence-electron chi connectivity index (χ0n) is 16.2. The summed E-state index contributed by atoms with van der Waals surface area (Å²) in [5.41, 5.74) is 2.04. The number of carbonyl (C=O) groups excluding carboxylic acids is 1. The van der Waals surface area contributed by atoms with Crippen molar-refractivity contribution in [2.24, 2.45) is 0 Å². The topological polar surface area (TPSA) is 99.2 Å². The summed E-state index contributed by atoms with van der Waals surface area (Å²) in [5.74, 6) is -0.425. The zero-order chi connectivity index (χ0) is 21.0. The minimum atomic E-state index is -4.01. The number of nitrogens with zero attached hydrogens (tertiary/aromatic N) is 2. The average Bonchev–Trinajstić information content (AvgIpc) is 2.96. The lowest BCUT2D eigenvalue weighted by Gasteiger charge is -2.22. The summed E-state index contributed by atoms with van der Waals surface area (Å²) in [6.45, 7) is 4.57. The number of anilines is 1. The summed E-state index contributed by atoms with van der Waals surface area (Å²) in [6, 6.07) is 14.7. The fourth-order valence-electron chi connectivity index (χ4n) is 2.99. The Bertz CT molecular complexity index is 1020. The molecule has 0 spiro atoms. The van der Waals surface area contributed by atoms with Gasteiger partial charge in [0, 0.05) is 13.1 Å². The summed E-state index contributed by atoms with van der Waals surface area (Å²) >= 11 is 0. The molecule has 0 saturated carbocycles. The molecule has 0 atom stereocenters. The lowest BCUT2D eigenvalue weighted by atomic mass is 10.0. The summed E-state index contributed by atoms with van der Waals surface area (Å²) in [4.78, 5) is 14.0. The number of rotatable bonds is 6. The maximum atomic E-state index is 12.5. The van der Waals surface area contributed by atoms with E-state index in [4.69, 9.17) is 4.74 Å². The van der Waals surface area contributed by atoms with Crippen LogP contribution in [0, 0.1) is 0 Å². The largest absolute Gasteiger partial charge is 0.493 e. The molecule has 0 fully saturated rings. The molecule has 1 amide bonds. The number of benzene rings is 2. The number of hydrogen-bond acceptors (Lipinski definition) is 5. The standard InChI is InChI=1S/C20H23N3O5S/c1-3-22(4-2)20(25)28-18-13-16(12-15-8-6-5-7-9-15)10-11-17(18)23-14-19(24)21-29(23,26)27/h5-11,13-14,21,24H,3-4,12H2,1-2H3. The third-order valence-corrected chi connectivity index (χ3v) is 5.75. The number of hydrogen-bond donors (Lipinski definition) is 2. The first-order chi connectivity index (χ1) is 13.8. The Kier molecular flexibility index (Phi) is 5.97. The van der Waals surface area contributed by atoms with Gasteiger partial charge in [-0.2, -0.15) is 8.42 Å². The minimum Gasteiger partial charge on any atom is -0.493 e. The van der Waals surface area contributed by atoms with Crippen molar-refractivity contribution < 1.29 is 23.1 Å². The number of aliphatic hydroxyl groups excluding tert-OH is 1. The Morgan fingerprint density at radius 1 is 1.10 bits per heavy atom. The summed E-state index contributed by atoms with van der Waals surface area (Å²) < 4.78 is 33.0. The molecule has 8 nitrogen and oxygen atoms in total. The van der Waals surface area contributed by atoms with Crippen LogP contribution in [-0.4, -0.2) is 37.6 Å². The maximum Gasteiger partial charge on any atom is 0.415 e. The Hall–Kier alpha value is -3.20. The van der Waals surface area contributed by atoms with E-state index in [2.05, 4.69) is 0 Å². The highest BCUT2D eigenvalue weighted by molar-refractivity contribution is 7.91. The lowest BCUT2D eigenvalue weighted by molar-refractivity contribution is 0.157. The quantitative estimate of drug-likeness (QED) is 0.752. The van der Waals surface area contributed by atoms with E-state index in [0.717, 1.165) is 21.6 Å². The first-order valence-corrected chi connectivity index (χ1v) is 10.6. The van der Waals surface area contributed by atoms with Crippen LogP contribution in [0.2, 0.25) is 0 Å². The second-order valence-electron chi connectivity index (χ2n) is 6.42. The van der Waals surface area contributed by atoms with Gasteiger partial charge in [0.25, 0.3) is 0 Å². The first-order valence-electron chi connectivity index (χ1n) is 9.20. The summed E-state index contributed by atoms with van der Waals surface area (Å²) in [5, 5.41) is 9.60. The van der Waals surface area contributed by atoms with Crippen LogP contribution >= 0.6 is 0 Å². The Labute approximate surface area is 170 Å². The number of aliphatic hydroxyl groups is 1. The highest BCUT2D eigenvalue weighted by Crippen LogP contribution is 2.34. The fraction of sp³-hybridized carbons (Fsp3) is 0.250. The second kappa shape index (κ2) is 8.44. The van der Waals surface area contributed by atoms with Crippen LogP contribution in [0.4, 0.5) is 10.5 Å². The van der Waals surface area contributed by atoms with Gasteiger partial charge < -0.3 is 14.7 Å². The molecule has 3 rings (SSSR count). The minimum absolute atomic E-state index is 0.0895. The smallest absolute Gasteiger partial charge is 0.415 e. The summed E-state index contributed by atoms with van der Waals surface area (Å²) in [6.07, 6.45) is 1.03. The number of nitrogens with one attached hydrogen (secondary N) is 1. The van der Waals surface area contributed by atoms with Gasteiger partial charge >= 0.3 is 16.3 Å². The van der Waals surface area contributed by atoms with Gasteiger partial charge in [-0.25, -0.2) is 13.8 Å². The lowest BCUT2D eigenvalue weighted by Crippen LogP contribution is -2.34. The van der Waals surface area contributed by atoms with E-state index < -0.39 is 22.2 Å². The Morgan fingerprint density at radius 2 is 1.79 bits per heavy atom. The van der Waals surface area contributed by atoms with Crippen molar-refractivity contribution in [3.63, 3.8) is 0 Å². The Balaban J connectivity index is 1.99. The van der Waals surface area contributed by atoms with Crippen LogP contribution in [0.5, 0.6) is 5.75 Å². The van der Waals surface area contributed by atoms with Crippen LogP contribution in [0.15, 0.2) is 60.6 Å². The predicted molar refractivity (Wildman–Crippen MR) is 110 cm³/mol. The third-order valence-electron chi connectivity index (χ3n) is 4.46. The highest BCUT2D eigenvalue weighted by atomic mass is 32.2. The van der Waals surface area contributed by atoms with E-state index in [0.29, 0.717) is 19.5 Å². The van der Waals surface area contributed by atoms with Crippen molar-refractivity contribution in [3.05, 3.63) is 71.7 Å². The fourth-order valence-corrected chi connectivity index (χ4v) is 4.06. The monoisotopic (exact) mass is 417 g/mol. The highest BCUT2D eigenvalue weighted by Gasteiger charge is 2.31. The van der Waals surface area contributed by atoms with Crippen LogP contribution in [0.1, 0.15) is 25.0 Å². The average molecular weight is 417 g/mol. The molecule has 9 heteroatoms. The normalized spacial score (nSPS) is 14.8. The van der Waals surface area contributed by atoms with Gasteiger partial charge in [-0.05, 0) is 43.5 Å². The van der Waals surface area contributed by atoms with Gasteiger partial charge in [0.1, 0.15) is 5.69 Å². The third kappa shape index (κ3) is 4.62. The summed E-state index contributed by atoms with van der Waals surface area (Å²) in [7, 11) is -4.01. The molecule has 0 radical (unpaired) electrons. The molecule has 2 aromatic carbocycles. The molecule has 154 valence electrons. The molecule has 0 aromatic heterocycles. The second-order valence-corrected chi connectivity index (χ2v) is 7.97.